The van der Waals surface area contributed by atoms with Crippen LogP contribution in [0, 0.1) is 11.8 Å². The molecule has 1 atom stereocenters. The molecule has 1 amide bonds. The molecule has 1 fully saturated rings. The van der Waals surface area contributed by atoms with E-state index in [1.54, 1.807) is 0 Å². The molecule has 1 aromatic rings. The summed E-state index contributed by atoms with van der Waals surface area (Å²) in [4.78, 5) is 11.9. The molecule has 2 nitrogen and oxygen atoms in total. The van der Waals surface area contributed by atoms with Crippen molar-refractivity contribution in [3.05, 3.63) is 33.8 Å². The van der Waals surface area contributed by atoms with Gasteiger partial charge in [-0.25, -0.2) is 0 Å². The predicted octanol–water partition coefficient (Wildman–Crippen LogP) is 4.24. The number of amides is 1. The second-order valence-electron chi connectivity index (χ2n) is 5.22. The summed E-state index contributed by atoms with van der Waals surface area (Å²) in [5.41, 5.74) is -0.802. The highest BCUT2D eigenvalue weighted by Crippen LogP contribution is 2.36. The van der Waals surface area contributed by atoms with Crippen LogP contribution in [0.2, 0.25) is 0 Å². The van der Waals surface area contributed by atoms with Crippen molar-refractivity contribution in [2.45, 2.75) is 25.9 Å². The van der Waals surface area contributed by atoms with Gasteiger partial charge in [0.15, 0.2) is 0 Å². The summed E-state index contributed by atoms with van der Waals surface area (Å²) in [6.07, 6.45) is -2.13. The summed E-state index contributed by atoms with van der Waals surface area (Å²) >= 11 is 2.85. The van der Waals surface area contributed by atoms with Crippen molar-refractivity contribution in [2.24, 2.45) is 11.8 Å². The Hall–Kier alpha value is -1.04. The Bertz CT molecular complexity index is 512. The van der Waals surface area contributed by atoms with Crippen LogP contribution in [0.25, 0.3) is 0 Å². The largest absolute Gasteiger partial charge is 0.417 e. The molecule has 0 bridgehead atoms. The van der Waals surface area contributed by atoms with Crippen LogP contribution in [0.4, 0.5) is 13.2 Å². The number of carbonyl (C=O) groups is 1. The fourth-order valence-corrected chi connectivity index (χ4v) is 2.54. The first kappa shape index (κ1) is 15.4. The van der Waals surface area contributed by atoms with E-state index in [0.717, 1.165) is 6.07 Å². The van der Waals surface area contributed by atoms with E-state index in [1.807, 2.05) is 6.92 Å². The zero-order valence-corrected chi connectivity index (χ0v) is 12.5. The minimum Gasteiger partial charge on any atom is -0.352 e. The quantitative estimate of drug-likeness (QED) is 0.865. The minimum atomic E-state index is -4.48. The number of carbonyl (C=O) groups excluding carboxylic acids is 1. The maximum atomic E-state index is 12.8. The predicted molar refractivity (Wildman–Crippen MR) is 73.4 cm³/mol. The normalized spacial score (nSPS) is 16.9. The van der Waals surface area contributed by atoms with Gasteiger partial charge in [-0.05, 0) is 42.9 Å². The van der Waals surface area contributed by atoms with Crippen LogP contribution >= 0.6 is 15.9 Å². The number of alkyl halides is 3. The minimum absolute atomic E-state index is 0.0310. The molecule has 2 rings (SSSR count). The first-order valence-corrected chi connectivity index (χ1v) is 7.23. The second kappa shape index (κ2) is 5.76. The Morgan fingerprint density at radius 1 is 1.45 bits per heavy atom. The van der Waals surface area contributed by atoms with E-state index < -0.39 is 17.6 Å². The first-order chi connectivity index (χ1) is 9.29. The molecule has 1 aromatic carbocycles. The van der Waals surface area contributed by atoms with Gasteiger partial charge < -0.3 is 5.32 Å². The van der Waals surface area contributed by atoms with E-state index >= 15 is 0 Å². The highest BCUT2D eigenvalue weighted by molar-refractivity contribution is 9.10. The molecule has 1 saturated carbocycles. The molecule has 1 unspecified atom stereocenters. The lowest BCUT2D eigenvalue weighted by molar-refractivity contribution is -0.138. The summed E-state index contributed by atoms with van der Waals surface area (Å²) in [7, 11) is 0. The van der Waals surface area contributed by atoms with Crippen molar-refractivity contribution >= 4 is 21.8 Å². The van der Waals surface area contributed by atoms with Crippen molar-refractivity contribution in [1.29, 1.82) is 0 Å². The van der Waals surface area contributed by atoms with Gasteiger partial charge in [-0.3, -0.25) is 4.79 Å². The molecule has 1 aliphatic carbocycles. The molecular weight excluding hydrogens is 335 g/mol. The van der Waals surface area contributed by atoms with Crippen LogP contribution in [0.5, 0.6) is 0 Å². The van der Waals surface area contributed by atoms with Crippen molar-refractivity contribution in [1.82, 2.24) is 5.32 Å². The summed E-state index contributed by atoms with van der Waals surface area (Å²) < 4.78 is 38.2. The maximum absolute atomic E-state index is 12.8. The third-order valence-corrected chi connectivity index (χ3v) is 4.24. The van der Waals surface area contributed by atoms with E-state index in [1.165, 1.54) is 25.0 Å². The number of benzene rings is 1. The molecule has 6 heteroatoms. The highest BCUT2D eigenvalue weighted by Gasteiger charge is 2.33. The zero-order chi connectivity index (χ0) is 14.9. The van der Waals surface area contributed by atoms with Crippen LogP contribution in [0.1, 0.15) is 35.7 Å². The van der Waals surface area contributed by atoms with Crippen LogP contribution in [-0.4, -0.2) is 12.5 Å². The molecule has 1 aliphatic rings. The van der Waals surface area contributed by atoms with Gasteiger partial charge in [0.1, 0.15) is 0 Å². The number of hydrogen-bond donors (Lipinski definition) is 1. The zero-order valence-electron chi connectivity index (χ0n) is 10.9. The van der Waals surface area contributed by atoms with Crippen LogP contribution in [0.3, 0.4) is 0 Å². The van der Waals surface area contributed by atoms with Gasteiger partial charge in [-0.15, -0.1) is 0 Å². The fourth-order valence-electron chi connectivity index (χ4n) is 2.07. The Morgan fingerprint density at radius 2 is 2.10 bits per heavy atom. The van der Waals surface area contributed by atoms with E-state index in [0.29, 0.717) is 18.4 Å². The van der Waals surface area contributed by atoms with Crippen molar-refractivity contribution in [2.75, 3.05) is 6.54 Å². The Labute approximate surface area is 123 Å². The Balaban J connectivity index is 2.06. The molecule has 0 heterocycles. The summed E-state index contributed by atoms with van der Waals surface area (Å²) in [6.45, 7) is 2.54. The Morgan fingerprint density at radius 3 is 2.65 bits per heavy atom. The van der Waals surface area contributed by atoms with Crippen LogP contribution in [0.15, 0.2) is 22.7 Å². The SMILES string of the molecule is CC(CNC(=O)c1ccc(Br)c(C(F)(F)F)c1)C1CC1. The monoisotopic (exact) mass is 349 g/mol. The number of hydrogen-bond acceptors (Lipinski definition) is 1. The second-order valence-corrected chi connectivity index (χ2v) is 6.07. The van der Waals surface area contributed by atoms with E-state index in [4.69, 9.17) is 0 Å². The molecule has 0 saturated heterocycles. The molecule has 0 aliphatic heterocycles. The molecule has 110 valence electrons. The van der Waals surface area contributed by atoms with E-state index in [2.05, 4.69) is 21.2 Å². The molecule has 0 aromatic heterocycles. The highest BCUT2D eigenvalue weighted by atomic mass is 79.9. The van der Waals surface area contributed by atoms with Crippen molar-refractivity contribution in [3.8, 4) is 0 Å². The topological polar surface area (TPSA) is 29.1 Å². The van der Waals surface area contributed by atoms with Gasteiger partial charge in [0.2, 0.25) is 0 Å². The lowest BCUT2D eigenvalue weighted by Gasteiger charge is -2.13. The van der Waals surface area contributed by atoms with Crippen molar-refractivity contribution < 1.29 is 18.0 Å². The summed E-state index contributed by atoms with van der Waals surface area (Å²) in [6, 6.07) is 3.51. The third kappa shape index (κ3) is 3.75. The van der Waals surface area contributed by atoms with Gasteiger partial charge >= 0.3 is 6.18 Å². The van der Waals surface area contributed by atoms with E-state index in [-0.39, 0.29) is 10.0 Å². The average molecular weight is 350 g/mol. The molecule has 0 spiro atoms. The first-order valence-electron chi connectivity index (χ1n) is 6.44. The lowest BCUT2D eigenvalue weighted by atomic mass is 10.1. The van der Waals surface area contributed by atoms with Gasteiger partial charge in [0.25, 0.3) is 5.91 Å². The maximum Gasteiger partial charge on any atom is 0.417 e. The lowest BCUT2D eigenvalue weighted by Crippen LogP contribution is -2.29. The van der Waals surface area contributed by atoms with Crippen LogP contribution in [-0.2, 0) is 6.18 Å². The summed E-state index contributed by atoms with van der Waals surface area (Å²) in [5.74, 6) is 0.554. The number of rotatable bonds is 4. The van der Waals surface area contributed by atoms with Gasteiger partial charge in [-0.1, -0.05) is 22.9 Å². The van der Waals surface area contributed by atoms with Gasteiger partial charge in [-0.2, -0.15) is 13.2 Å². The number of halogens is 4. The third-order valence-electron chi connectivity index (χ3n) is 3.55. The van der Waals surface area contributed by atoms with Gasteiger partial charge in [0, 0.05) is 16.6 Å². The Kier molecular flexibility index (Phi) is 4.42. The summed E-state index contributed by atoms with van der Waals surface area (Å²) in [5, 5.41) is 2.70. The standard InChI is InChI=1S/C14H15BrF3NO/c1-8(9-2-3-9)7-19-13(20)10-4-5-12(15)11(6-10)14(16,17)18/h4-6,8-9H,2-3,7H2,1H3,(H,19,20). The number of nitrogens with one attached hydrogen (secondary N) is 1. The average Bonchev–Trinajstić information content (AvgIpc) is 3.18. The molecule has 20 heavy (non-hydrogen) atoms. The smallest absolute Gasteiger partial charge is 0.352 e. The molecular formula is C14H15BrF3NO. The van der Waals surface area contributed by atoms with Crippen LogP contribution < -0.4 is 5.32 Å². The van der Waals surface area contributed by atoms with Gasteiger partial charge in [0.05, 0.1) is 5.56 Å². The fraction of sp³-hybridized carbons (Fsp3) is 0.500. The van der Waals surface area contributed by atoms with E-state index in [9.17, 15) is 18.0 Å². The molecule has 1 N–H and O–H groups in total. The van der Waals surface area contributed by atoms with Crippen molar-refractivity contribution in [3.63, 3.8) is 0 Å². The molecule has 0 radical (unpaired) electrons.